The second kappa shape index (κ2) is 10.5. The van der Waals surface area contributed by atoms with Crippen LogP contribution in [0.15, 0.2) is 29.3 Å². The van der Waals surface area contributed by atoms with E-state index in [9.17, 15) is 18.7 Å². The predicted octanol–water partition coefficient (Wildman–Crippen LogP) is 3.50. The van der Waals surface area contributed by atoms with Crippen molar-refractivity contribution in [2.75, 3.05) is 13.2 Å². The van der Waals surface area contributed by atoms with Gasteiger partial charge >= 0.3 is 5.97 Å². The van der Waals surface area contributed by atoms with Gasteiger partial charge in [-0.05, 0) is 38.5 Å². The van der Waals surface area contributed by atoms with Crippen molar-refractivity contribution in [3.8, 4) is 5.75 Å². The van der Waals surface area contributed by atoms with Gasteiger partial charge in [0.1, 0.15) is 28.5 Å². The van der Waals surface area contributed by atoms with Crippen LogP contribution in [0.25, 0.3) is 0 Å². The Hall–Kier alpha value is -1.84. The number of carboxylic acid groups (broad SMARTS) is 1. The Bertz CT molecular complexity index is 758. The van der Waals surface area contributed by atoms with Crippen LogP contribution in [0.3, 0.4) is 0 Å². The molecule has 1 aliphatic carbocycles. The van der Waals surface area contributed by atoms with Crippen molar-refractivity contribution in [3.63, 3.8) is 0 Å². The van der Waals surface area contributed by atoms with Crippen LogP contribution in [-0.4, -0.2) is 47.0 Å². The van der Waals surface area contributed by atoms with Gasteiger partial charge in [-0.15, -0.1) is 11.8 Å². The second-order valence-electron chi connectivity index (χ2n) is 7.59. The highest BCUT2D eigenvalue weighted by Crippen LogP contribution is 2.37. The Morgan fingerprint density at radius 3 is 2.67 bits per heavy atom. The number of aliphatic carboxylic acids is 1. The summed E-state index contributed by atoms with van der Waals surface area (Å²) in [6.45, 7) is 2.58. The second-order valence-corrected chi connectivity index (χ2v) is 8.61. The molecular weight excluding hydrogens is 416 g/mol. The van der Waals surface area contributed by atoms with Crippen LogP contribution in [0.1, 0.15) is 32.6 Å². The van der Waals surface area contributed by atoms with Gasteiger partial charge < -0.3 is 25.0 Å². The highest BCUT2D eigenvalue weighted by Gasteiger charge is 2.37. The van der Waals surface area contributed by atoms with E-state index >= 15 is 0 Å². The maximum absolute atomic E-state index is 13.4. The van der Waals surface area contributed by atoms with E-state index in [0.29, 0.717) is 19.4 Å². The molecule has 0 bridgehead atoms. The molecule has 30 heavy (non-hydrogen) atoms. The average molecular weight is 444 g/mol. The summed E-state index contributed by atoms with van der Waals surface area (Å²) < 4.78 is 38.1. The number of hydrogen-bond donors (Lipinski definition) is 3. The molecule has 1 aromatic rings. The van der Waals surface area contributed by atoms with Gasteiger partial charge in [0.15, 0.2) is 0 Å². The first kappa shape index (κ1) is 22.8. The fraction of sp³-hybridized carbons (Fsp3) is 0.571. The van der Waals surface area contributed by atoms with Crippen LogP contribution in [0.2, 0.25) is 0 Å². The highest BCUT2D eigenvalue weighted by molar-refractivity contribution is 8.03. The summed E-state index contributed by atoms with van der Waals surface area (Å²) in [7, 11) is 0. The number of halogens is 2. The Balaban J connectivity index is 1.55. The van der Waals surface area contributed by atoms with E-state index in [1.807, 2.05) is 6.92 Å². The number of thioether (sulfide) groups is 1. The van der Waals surface area contributed by atoms with Gasteiger partial charge in [-0.25, -0.2) is 13.6 Å². The SMILES string of the molecule is CCO[C@H](CC[C@H]1CC[C@@H](O)[C@@H]1COc1cc(F)cc(F)c1)C1NC(C(=O)O)=CS1. The standard InChI is InChI=1S/C21H27F2NO5S/c1-2-28-19(20-24-17(11-30-20)21(26)27)6-4-12-3-5-18(25)16(12)10-29-15-8-13(22)7-14(23)9-15/h7-9,11-12,16,18-20,24-25H,2-6,10H2,1H3,(H,26,27)/t12-,16-,18-,19-,20?/m1/s1. The Labute approximate surface area is 178 Å². The third-order valence-electron chi connectivity index (χ3n) is 5.61. The molecule has 1 heterocycles. The van der Waals surface area contributed by atoms with E-state index in [-0.39, 0.29) is 41.4 Å². The van der Waals surface area contributed by atoms with Gasteiger partial charge in [-0.1, -0.05) is 0 Å². The molecule has 3 rings (SSSR count). The van der Waals surface area contributed by atoms with Crippen molar-refractivity contribution in [1.82, 2.24) is 5.32 Å². The lowest BCUT2D eigenvalue weighted by molar-refractivity contribution is -0.133. The van der Waals surface area contributed by atoms with Gasteiger partial charge in [-0.2, -0.15) is 0 Å². The number of ether oxygens (including phenoxy) is 2. The molecule has 1 aliphatic heterocycles. The summed E-state index contributed by atoms with van der Waals surface area (Å²) in [6, 6.07) is 3.04. The number of carboxylic acids is 1. The molecule has 1 saturated carbocycles. The van der Waals surface area contributed by atoms with E-state index in [4.69, 9.17) is 14.6 Å². The monoisotopic (exact) mass is 443 g/mol. The minimum atomic E-state index is -0.995. The number of nitrogens with one attached hydrogen (secondary N) is 1. The fourth-order valence-electron chi connectivity index (χ4n) is 4.11. The summed E-state index contributed by atoms with van der Waals surface area (Å²) in [5.74, 6) is -2.26. The zero-order chi connectivity index (χ0) is 21.7. The summed E-state index contributed by atoms with van der Waals surface area (Å²) >= 11 is 1.40. The van der Waals surface area contributed by atoms with Crippen molar-refractivity contribution >= 4 is 17.7 Å². The van der Waals surface area contributed by atoms with Crippen LogP contribution in [0.4, 0.5) is 8.78 Å². The third-order valence-corrected chi connectivity index (χ3v) is 6.70. The van der Waals surface area contributed by atoms with Crippen molar-refractivity contribution in [1.29, 1.82) is 0 Å². The molecule has 6 nitrogen and oxygen atoms in total. The maximum Gasteiger partial charge on any atom is 0.352 e. The zero-order valence-corrected chi connectivity index (χ0v) is 17.5. The topological polar surface area (TPSA) is 88.0 Å². The van der Waals surface area contributed by atoms with Crippen molar-refractivity contribution in [3.05, 3.63) is 40.9 Å². The minimum absolute atomic E-state index is 0.108. The summed E-state index contributed by atoms with van der Waals surface area (Å²) in [5, 5.41) is 23.9. The minimum Gasteiger partial charge on any atom is -0.493 e. The van der Waals surface area contributed by atoms with Crippen LogP contribution in [0, 0.1) is 23.5 Å². The van der Waals surface area contributed by atoms with E-state index < -0.39 is 23.7 Å². The average Bonchev–Trinajstić information content (AvgIpc) is 3.30. The van der Waals surface area contributed by atoms with Crippen LogP contribution in [-0.2, 0) is 9.53 Å². The van der Waals surface area contributed by atoms with E-state index in [1.165, 1.54) is 11.8 Å². The van der Waals surface area contributed by atoms with Gasteiger partial charge in [-0.3, -0.25) is 0 Å². The zero-order valence-electron chi connectivity index (χ0n) is 16.7. The molecule has 3 N–H and O–H groups in total. The molecular formula is C21H27F2NO5S. The molecule has 166 valence electrons. The molecule has 9 heteroatoms. The molecule has 1 fully saturated rings. The first-order valence-electron chi connectivity index (χ1n) is 10.1. The summed E-state index contributed by atoms with van der Waals surface area (Å²) in [5.41, 5.74) is 0.166. The highest BCUT2D eigenvalue weighted by atomic mass is 32.2. The smallest absolute Gasteiger partial charge is 0.352 e. The largest absolute Gasteiger partial charge is 0.493 e. The molecule has 0 saturated heterocycles. The maximum atomic E-state index is 13.4. The lowest BCUT2D eigenvalue weighted by Gasteiger charge is -2.27. The van der Waals surface area contributed by atoms with Gasteiger partial charge in [0.05, 0.1) is 18.8 Å². The molecule has 2 aliphatic rings. The Morgan fingerprint density at radius 2 is 2.03 bits per heavy atom. The molecule has 0 radical (unpaired) electrons. The number of hydrogen-bond acceptors (Lipinski definition) is 6. The normalized spacial score (nSPS) is 26.9. The first-order chi connectivity index (χ1) is 14.4. The predicted molar refractivity (Wildman–Crippen MR) is 109 cm³/mol. The number of benzene rings is 1. The van der Waals surface area contributed by atoms with Crippen molar-refractivity contribution in [2.24, 2.45) is 11.8 Å². The van der Waals surface area contributed by atoms with Crippen molar-refractivity contribution in [2.45, 2.75) is 50.2 Å². The van der Waals surface area contributed by atoms with Gasteiger partial charge in [0.2, 0.25) is 0 Å². The quantitative estimate of drug-likeness (QED) is 0.510. The summed E-state index contributed by atoms with van der Waals surface area (Å²) in [4.78, 5) is 11.1. The summed E-state index contributed by atoms with van der Waals surface area (Å²) in [6.07, 6.45) is 2.24. The van der Waals surface area contributed by atoms with E-state index in [0.717, 1.165) is 31.0 Å². The first-order valence-corrected chi connectivity index (χ1v) is 11.1. The van der Waals surface area contributed by atoms with Gasteiger partial charge in [0, 0.05) is 36.1 Å². The lowest BCUT2D eigenvalue weighted by atomic mass is 9.90. The van der Waals surface area contributed by atoms with Crippen LogP contribution >= 0.6 is 11.8 Å². The number of rotatable bonds is 10. The van der Waals surface area contributed by atoms with Crippen LogP contribution < -0.4 is 10.1 Å². The van der Waals surface area contributed by atoms with E-state index in [1.54, 1.807) is 5.41 Å². The molecule has 1 unspecified atom stereocenters. The van der Waals surface area contributed by atoms with Crippen molar-refractivity contribution < 1.29 is 33.3 Å². The third kappa shape index (κ3) is 5.86. The molecule has 5 atom stereocenters. The molecule has 1 aromatic carbocycles. The van der Waals surface area contributed by atoms with Crippen LogP contribution in [0.5, 0.6) is 5.75 Å². The Kier molecular flexibility index (Phi) is 7.96. The molecule has 0 amide bonds. The Morgan fingerprint density at radius 1 is 1.30 bits per heavy atom. The molecule has 0 aromatic heterocycles. The lowest BCUT2D eigenvalue weighted by Crippen LogP contribution is -2.37. The van der Waals surface area contributed by atoms with E-state index in [2.05, 4.69) is 5.32 Å². The number of carbonyl (C=O) groups is 1. The molecule has 0 spiro atoms. The van der Waals surface area contributed by atoms with Gasteiger partial charge in [0.25, 0.3) is 0 Å². The number of aliphatic hydroxyl groups is 1. The number of aliphatic hydroxyl groups excluding tert-OH is 1. The fourth-order valence-corrected chi connectivity index (χ4v) is 5.14.